The molecule has 0 unspecified atom stereocenters. The van der Waals surface area contributed by atoms with Crippen molar-refractivity contribution in [2.45, 2.75) is 45.2 Å². The lowest BCUT2D eigenvalue weighted by molar-refractivity contribution is 0.0951. The maximum Gasteiger partial charge on any atom is 0.319 e. The summed E-state index contributed by atoms with van der Waals surface area (Å²) in [6, 6.07) is 10.6. The Kier molecular flexibility index (Phi) is 6.13. The first kappa shape index (κ1) is 19.7. The molecule has 2 aromatic rings. The minimum atomic E-state index is -0.363. The topological polar surface area (TPSA) is 92.4 Å². The molecule has 0 aliphatic heterocycles. The van der Waals surface area contributed by atoms with Crippen LogP contribution < -0.4 is 20.7 Å². The fourth-order valence-corrected chi connectivity index (χ4v) is 2.90. The van der Waals surface area contributed by atoms with E-state index in [9.17, 15) is 9.59 Å². The highest BCUT2D eigenvalue weighted by atomic mass is 16.5. The maximum atomic E-state index is 12.4. The number of ether oxygens (including phenoxy) is 1. The molecule has 28 heavy (non-hydrogen) atoms. The van der Waals surface area contributed by atoms with Gasteiger partial charge in [0.25, 0.3) is 5.91 Å². The minimum absolute atomic E-state index is 0.110. The number of nitrogens with zero attached hydrogens (tertiary/aromatic N) is 1. The number of urea groups is 1. The van der Waals surface area contributed by atoms with Gasteiger partial charge in [0.2, 0.25) is 0 Å². The van der Waals surface area contributed by atoms with Gasteiger partial charge in [-0.2, -0.15) is 0 Å². The summed E-state index contributed by atoms with van der Waals surface area (Å²) in [5.74, 6) is 0.346. The van der Waals surface area contributed by atoms with E-state index in [1.165, 1.54) is 7.11 Å². The number of carbonyl (C=O) groups is 2. The molecule has 1 aromatic carbocycles. The molecule has 0 saturated heterocycles. The Morgan fingerprint density at radius 1 is 1.25 bits per heavy atom. The quantitative estimate of drug-likeness (QED) is 0.686. The summed E-state index contributed by atoms with van der Waals surface area (Å²) in [4.78, 5) is 29.1. The van der Waals surface area contributed by atoms with Crippen molar-refractivity contribution < 1.29 is 14.3 Å². The Bertz CT molecular complexity index is 864. The maximum absolute atomic E-state index is 12.4. The van der Waals surface area contributed by atoms with Crippen molar-refractivity contribution in [3.05, 3.63) is 53.3 Å². The van der Waals surface area contributed by atoms with Crippen molar-refractivity contribution in [3.63, 3.8) is 0 Å². The first-order valence-corrected chi connectivity index (χ1v) is 9.43. The molecule has 1 fully saturated rings. The summed E-state index contributed by atoms with van der Waals surface area (Å²) in [5.41, 5.74) is 2.80. The standard InChI is InChI=1S/C21H26N4O3/c1-13-5-4-6-17(22-13)11-14(2)23-21(27)25-18-12-15(7-10-19(18)28-3)20(26)24-16-8-9-16/h4-7,10,12,14,16H,8-9,11H2,1-3H3,(H,24,26)(H2,23,25,27)/t14-/m0/s1. The number of anilines is 1. The number of hydrogen-bond donors (Lipinski definition) is 3. The van der Waals surface area contributed by atoms with Gasteiger partial charge in [-0.15, -0.1) is 0 Å². The van der Waals surface area contributed by atoms with E-state index in [2.05, 4.69) is 20.9 Å². The van der Waals surface area contributed by atoms with Gasteiger partial charge in [-0.1, -0.05) is 6.07 Å². The Morgan fingerprint density at radius 2 is 2.04 bits per heavy atom. The van der Waals surface area contributed by atoms with E-state index in [4.69, 9.17) is 4.74 Å². The normalized spacial score (nSPS) is 14.1. The Hall–Kier alpha value is -3.09. The third kappa shape index (κ3) is 5.45. The molecule has 1 aliphatic carbocycles. The Balaban J connectivity index is 1.62. The Labute approximate surface area is 164 Å². The SMILES string of the molecule is COc1ccc(C(=O)NC2CC2)cc1NC(=O)N[C@@H](C)Cc1cccc(C)n1. The monoisotopic (exact) mass is 382 g/mol. The minimum Gasteiger partial charge on any atom is -0.495 e. The number of pyridine rings is 1. The smallest absolute Gasteiger partial charge is 0.319 e. The highest BCUT2D eigenvalue weighted by Crippen LogP contribution is 2.26. The van der Waals surface area contributed by atoms with Crippen molar-refractivity contribution in [3.8, 4) is 5.75 Å². The number of aromatic nitrogens is 1. The van der Waals surface area contributed by atoms with Gasteiger partial charge in [-0.05, 0) is 57.0 Å². The molecular formula is C21H26N4O3. The zero-order valence-corrected chi connectivity index (χ0v) is 16.4. The molecular weight excluding hydrogens is 356 g/mol. The molecule has 1 aliphatic rings. The third-order valence-corrected chi connectivity index (χ3v) is 4.46. The number of aryl methyl sites for hydroxylation is 1. The van der Waals surface area contributed by atoms with Crippen molar-refractivity contribution in [1.29, 1.82) is 0 Å². The molecule has 0 bridgehead atoms. The summed E-state index contributed by atoms with van der Waals surface area (Å²) in [6.07, 6.45) is 2.66. The second-order valence-electron chi connectivity index (χ2n) is 7.14. The second-order valence-corrected chi connectivity index (χ2v) is 7.14. The average molecular weight is 382 g/mol. The second kappa shape index (κ2) is 8.73. The number of rotatable bonds is 7. The molecule has 148 valence electrons. The summed E-state index contributed by atoms with van der Waals surface area (Å²) in [5, 5.41) is 8.61. The predicted octanol–water partition coefficient (Wildman–Crippen LogP) is 3.04. The van der Waals surface area contributed by atoms with E-state index < -0.39 is 0 Å². The third-order valence-electron chi connectivity index (χ3n) is 4.46. The van der Waals surface area contributed by atoms with Crippen LogP contribution in [0.1, 0.15) is 41.5 Å². The summed E-state index contributed by atoms with van der Waals surface area (Å²) in [6.45, 7) is 3.85. The van der Waals surface area contributed by atoms with E-state index >= 15 is 0 Å². The van der Waals surface area contributed by atoms with Gasteiger partial charge >= 0.3 is 6.03 Å². The lowest BCUT2D eigenvalue weighted by Crippen LogP contribution is -2.37. The van der Waals surface area contributed by atoms with Crippen LogP contribution in [0, 0.1) is 6.92 Å². The van der Waals surface area contributed by atoms with Crippen LogP contribution in [0.4, 0.5) is 10.5 Å². The van der Waals surface area contributed by atoms with Gasteiger partial charge in [0.1, 0.15) is 5.75 Å². The lowest BCUT2D eigenvalue weighted by atomic mass is 10.1. The first-order chi connectivity index (χ1) is 13.4. The van der Waals surface area contributed by atoms with Gasteiger partial charge in [0, 0.05) is 35.5 Å². The van der Waals surface area contributed by atoms with Crippen LogP contribution in [0.25, 0.3) is 0 Å². The molecule has 0 radical (unpaired) electrons. The van der Waals surface area contributed by atoms with E-state index in [-0.39, 0.29) is 24.0 Å². The highest BCUT2D eigenvalue weighted by Gasteiger charge is 2.24. The van der Waals surface area contributed by atoms with Crippen LogP contribution in [0.3, 0.4) is 0 Å². The molecule has 3 amide bonds. The lowest BCUT2D eigenvalue weighted by Gasteiger charge is -2.16. The van der Waals surface area contributed by atoms with Crippen LogP contribution >= 0.6 is 0 Å². The number of methoxy groups -OCH3 is 1. The summed E-state index contributed by atoms with van der Waals surface area (Å²) >= 11 is 0. The van der Waals surface area contributed by atoms with Gasteiger partial charge in [-0.3, -0.25) is 9.78 Å². The number of nitrogens with one attached hydrogen (secondary N) is 3. The molecule has 1 atom stereocenters. The number of benzene rings is 1. The van der Waals surface area contributed by atoms with Crippen molar-refractivity contribution in [2.75, 3.05) is 12.4 Å². The van der Waals surface area contributed by atoms with Gasteiger partial charge < -0.3 is 20.7 Å². The van der Waals surface area contributed by atoms with Gasteiger partial charge in [-0.25, -0.2) is 4.79 Å². The fourth-order valence-electron chi connectivity index (χ4n) is 2.90. The Morgan fingerprint density at radius 3 is 2.71 bits per heavy atom. The zero-order chi connectivity index (χ0) is 20.1. The van der Waals surface area contributed by atoms with Crippen LogP contribution in [0.15, 0.2) is 36.4 Å². The fraction of sp³-hybridized carbons (Fsp3) is 0.381. The van der Waals surface area contributed by atoms with E-state index in [0.29, 0.717) is 23.4 Å². The summed E-state index contributed by atoms with van der Waals surface area (Å²) in [7, 11) is 1.52. The number of amides is 3. The van der Waals surface area contributed by atoms with Gasteiger partial charge in [0.05, 0.1) is 12.8 Å². The number of carbonyl (C=O) groups excluding carboxylic acids is 2. The van der Waals surface area contributed by atoms with Crippen molar-refractivity contribution in [2.24, 2.45) is 0 Å². The molecule has 3 rings (SSSR count). The van der Waals surface area contributed by atoms with E-state index in [1.807, 2.05) is 32.0 Å². The van der Waals surface area contributed by atoms with E-state index in [1.54, 1.807) is 18.2 Å². The summed E-state index contributed by atoms with van der Waals surface area (Å²) < 4.78 is 5.30. The molecule has 7 nitrogen and oxygen atoms in total. The van der Waals surface area contributed by atoms with Crippen molar-refractivity contribution in [1.82, 2.24) is 15.6 Å². The predicted molar refractivity (Wildman–Crippen MR) is 108 cm³/mol. The molecule has 1 saturated carbocycles. The molecule has 7 heteroatoms. The average Bonchev–Trinajstić information content (AvgIpc) is 3.45. The number of hydrogen-bond acceptors (Lipinski definition) is 4. The zero-order valence-electron chi connectivity index (χ0n) is 16.4. The largest absolute Gasteiger partial charge is 0.495 e. The van der Waals surface area contributed by atoms with Crippen LogP contribution in [0.5, 0.6) is 5.75 Å². The highest BCUT2D eigenvalue weighted by molar-refractivity contribution is 5.98. The first-order valence-electron chi connectivity index (χ1n) is 9.43. The van der Waals surface area contributed by atoms with Gasteiger partial charge in [0.15, 0.2) is 0 Å². The molecule has 1 heterocycles. The molecule has 0 spiro atoms. The van der Waals surface area contributed by atoms with Crippen molar-refractivity contribution >= 4 is 17.6 Å². The molecule has 3 N–H and O–H groups in total. The van der Waals surface area contributed by atoms with Crippen LogP contribution in [0.2, 0.25) is 0 Å². The van der Waals surface area contributed by atoms with Crippen LogP contribution in [-0.2, 0) is 6.42 Å². The molecule has 1 aromatic heterocycles. The van der Waals surface area contributed by atoms with E-state index in [0.717, 1.165) is 24.2 Å². The van der Waals surface area contributed by atoms with Crippen LogP contribution in [-0.4, -0.2) is 36.1 Å².